The minimum Gasteiger partial charge on any atom is -0.293 e. The van der Waals surface area contributed by atoms with Crippen LogP contribution in [0.3, 0.4) is 0 Å². The molecule has 1 atom stereocenters. The van der Waals surface area contributed by atoms with Crippen molar-refractivity contribution in [1.82, 2.24) is 4.90 Å². The summed E-state index contributed by atoms with van der Waals surface area (Å²) in [5.74, 6) is 0. The zero-order valence-corrected chi connectivity index (χ0v) is 10.0. The minimum absolute atomic E-state index is 0.0567. The van der Waals surface area contributed by atoms with Gasteiger partial charge in [0, 0.05) is 23.4 Å². The fraction of sp³-hybridized carbons (Fsp3) is 0.818. The Hall–Kier alpha value is 0.0500. The van der Waals surface area contributed by atoms with Crippen molar-refractivity contribution in [2.24, 2.45) is 0 Å². The first-order chi connectivity index (χ1) is 5.93. The van der Waals surface area contributed by atoms with Gasteiger partial charge in [-0.2, -0.15) is 12.6 Å². The van der Waals surface area contributed by atoms with Crippen molar-refractivity contribution < 1.29 is 0 Å². The third-order valence-electron chi connectivity index (χ3n) is 2.62. The average molecular weight is 199 g/mol. The van der Waals surface area contributed by atoms with Gasteiger partial charge in [-0.1, -0.05) is 12.2 Å². The molecule has 0 saturated heterocycles. The van der Waals surface area contributed by atoms with E-state index in [9.17, 15) is 0 Å². The van der Waals surface area contributed by atoms with Crippen LogP contribution in [-0.4, -0.2) is 28.3 Å². The quantitative estimate of drug-likeness (QED) is 0.529. The molecular formula is C11H21NS. The Labute approximate surface area is 87.6 Å². The van der Waals surface area contributed by atoms with Gasteiger partial charge in [0.05, 0.1) is 0 Å². The van der Waals surface area contributed by atoms with Crippen LogP contribution < -0.4 is 0 Å². The summed E-state index contributed by atoms with van der Waals surface area (Å²) in [6.45, 7) is 10.1. The Morgan fingerprint density at radius 1 is 1.46 bits per heavy atom. The average Bonchev–Trinajstić information content (AvgIpc) is 2.03. The van der Waals surface area contributed by atoms with E-state index in [-0.39, 0.29) is 4.75 Å². The Bertz CT molecular complexity index is 191. The van der Waals surface area contributed by atoms with E-state index in [1.807, 2.05) is 0 Å². The molecule has 13 heavy (non-hydrogen) atoms. The molecule has 0 saturated carbocycles. The SMILES string of the molecule is CC(C)N1CCC=CC1C(C)(C)S. The summed E-state index contributed by atoms with van der Waals surface area (Å²) in [7, 11) is 0. The van der Waals surface area contributed by atoms with E-state index < -0.39 is 0 Å². The number of nitrogens with zero attached hydrogens (tertiary/aromatic N) is 1. The summed E-state index contributed by atoms with van der Waals surface area (Å²) < 4.78 is 0.0567. The van der Waals surface area contributed by atoms with Gasteiger partial charge in [-0.25, -0.2) is 0 Å². The molecule has 0 fully saturated rings. The third-order valence-corrected chi connectivity index (χ3v) is 2.88. The fourth-order valence-electron chi connectivity index (χ4n) is 1.92. The Morgan fingerprint density at radius 3 is 2.46 bits per heavy atom. The second-order valence-electron chi connectivity index (χ2n) is 4.65. The predicted octanol–water partition coefficient (Wildman–Crippen LogP) is 2.73. The molecule has 2 heteroatoms. The van der Waals surface area contributed by atoms with Crippen molar-refractivity contribution in [2.75, 3.05) is 6.54 Å². The van der Waals surface area contributed by atoms with E-state index in [0.29, 0.717) is 12.1 Å². The van der Waals surface area contributed by atoms with Gasteiger partial charge in [0.2, 0.25) is 0 Å². The van der Waals surface area contributed by atoms with Gasteiger partial charge in [-0.15, -0.1) is 0 Å². The molecule has 0 aromatic rings. The van der Waals surface area contributed by atoms with E-state index in [1.54, 1.807) is 0 Å². The molecule has 1 aliphatic rings. The molecule has 0 aliphatic carbocycles. The highest BCUT2D eigenvalue weighted by Gasteiger charge is 2.31. The second-order valence-corrected chi connectivity index (χ2v) is 5.80. The number of hydrogen-bond acceptors (Lipinski definition) is 2. The molecule has 0 aromatic carbocycles. The molecular weight excluding hydrogens is 178 g/mol. The highest BCUT2D eigenvalue weighted by molar-refractivity contribution is 7.81. The Kier molecular flexibility index (Phi) is 3.47. The van der Waals surface area contributed by atoms with E-state index >= 15 is 0 Å². The predicted molar refractivity (Wildman–Crippen MR) is 62.5 cm³/mol. The Morgan fingerprint density at radius 2 is 2.08 bits per heavy atom. The van der Waals surface area contributed by atoms with Gasteiger partial charge < -0.3 is 0 Å². The first-order valence-electron chi connectivity index (χ1n) is 5.07. The lowest BCUT2D eigenvalue weighted by Crippen LogP contribution is -2.50. The highest BCUT2D eigenvalue weighted by atomic mass is 32.1. The molecule has 1 heterocycles. The lowest BCUT2D eigenvalue weighted by molar-refractivity contribution is 0.155. The molecule has 0 spiro atoms. The van der Waals surface area contributed by atoms with Crippen LogP contribution in [0.4, 0.5) is 0 Å². The molecule has 0 aromatic heterocycles. The molecule has 1 aliphatic heterocycles. The summed E-state index contributed by atoms with van der Waals surface area (Å²) in [5, 5.41) is 0. The lowest BCUT2D eigenvalue weighted by atomic mass is 9.96. The van der Waals surface area contributed by atoms with E-state index in [4.69, 9.17) is 0 Å². The summed E-state index contributed by atoms with van der Waals surface area (Å²) in [6.07, 6.45) is 5.76. The van der Waals surface area contributed by atoms with Crippen molar-refractivity contribution >= 4 is 12.6 Å². The molecule has 0 N–H and O–H groups in total. The zero-order valence-electron chi connectivity index (χ0n) is 9.12. The number of thiol groups is 1. The first-order valence-corrected chi connectivity index (χ1v) is 5.52. The number of hydrogen-bond donors (Lipinski definition) is 1. The summed E-state index contributed by atoms with van der Waals surface area (Å²) >= 11 is 4.66. The van der Waals surface area contributed by atoms with Crippen LogP contribution in [0.2, 0.25) is 0 Å². The first kappa shape index (κ1) is 11.1. The summed E-state index contributed by atoms with van der Waals surface area (Å²) in [6, 6.07) is 1.09. The summed E-state index contributed by atoms with van der Waals surface area (Å²) in [5.41, 5.74) is 0. The van der Waals surface area contributed by atoms with Crippen molar-refractivity contribution in [3.8, 4) is 0 Å². The van der Waals surface area contributed by atoms with E-state index in [1.165, 1.54) is 13.0 Å². The molecule has 1 rings (SSSR count). The van der Waals surface area contributed by atoms with Crippen LogP contribution in [0.15, 0.2) is 12.2 Å². The highest BCUT2D eigenvalue weighted by Crippen LogP contribution is 2.27. The maximum Gasteiger partial charge on any atom is 0.0420 e. The number of rotatable bonds is 2. The van der Waals surface area contributed by atoms with Crippen LogP contribution >= 0.6 is 12.6 Å². The van der Waals surface area contributed by atoms with E-state index in [0.717, 1.165) is 0 Å². The van der Waals surface area contributed by atoms with Crippen LogP contribution in [0, 0.1) is 0 Å². The topological polar surface area (TPSA) is 3.24 Å². The molecule has 76 valence electrons. The zero-order chi connectivity index (χ0) is 10.1. The van der Waals surface area contributed by atoms with Crippen LogP contribution in [0.5, 0.6) is 0 Å². The maximum absolute atomic E-state index is 4.66. The normalized spacial score (nSPS) is 25.5. The molecule has 0 amide bonds. The molecule has 1 unspecified atom stereocenters. The lowest BCUT2D eigenvalue weighted by Gasteiger charge is -2.42. The van der Waals surface area contributed by atoms with Gasteiger partial charge in [0.15, 0.2) is 0 Å². The fourth-order valence-corrected chi connectivity index (χ4v) is 2.15. The van der Waals surface area contributed by atoms with Crippen molar-refractivity contribution in [1.29, 1.82) is 0 Å². The van der Waals surface area contributed by atoms with Gasteiger partial charge >= 0.3 is 0 Å². The second kappa shape index (κ2) is 4.05. The van der Waals surface area contributed by atoms with Crippen molar-refractivity contribution in [3.63, 3.8) is 0 Å². The van der Waals surface area contributed by atoms with Crippen molar-refractivity contribution in [2.45, 2.75) is 50.9 Å². The van der Waals surface area contributed by atoms with Gasteiger partial charge in [-0.05, 0) is 34.1 Å². The van der Waals surface area contributed by atoms with E-state index in [2.05, 4.69) is 57.4 Å². The van der Waals surface area contributed by atoms with Crippen molar-refractivity contribution in [3.05, 3.63) is 12.2 Å². The monoisotopic (exact) mass is 199 g/mol. The maximum atomic E-state index is 4.66. The molecule has 0 radical (unpaired) electrons. The van der Waals surface area contributed by atoms with Crippen LogP contribution in [0.25, 0.3) is 0 Å². The molecule has 1 nitrogen and oxygen atoms in total. The van der Waals surface area contributed by atoms with Crippen LogP contribution in [-0.2, 0) is 0 Å². The third kappa shape index (κ3) is 2.75. The summed E-state index contributed by atoms with van der Waals surface area (Å²) in [4.78, 5) is 2.52. The van der Waals surface area contributed by atoms with Gasteiger partial charge in [0.1, 0.15) is 0 Å². The van der Waals surface area contributed by atoms with Gasteiger partial charge in [-0.3, -0.25) is 4.90 Å². The standard InChI is InChI=1S/C11H21NS/c1-9(2)12-8-6-5-7-10(12)11(3,4)13/h5,7,9-10,13H,6,8H2,1-4H3. The minimum atomic E-state index is 0.0567. The van der Waals surface area contributed by atoms with Crippen LogP contribution in [0.1, 0.15) is 34.1 Å². The Balaban J connectivity index is 2.78. The van der Waals surface area contributed by atoms with Gasteiger partial charge in [0.25, 0.3) is 0 Å². The smallest absolute Gasteiger partial charge is 0.0420 e. The molecule has 0 bridgehead atoms. The largest absolute Gasteiger partial charge is 0.293 e.